The molecular weight excluding hydrogens is 379 g/mol. The minimum atomic E-state index is -1.07. The number of aliphatic imine (C=N–C) groups is 1. The molecule has 0 bridgehead atoms. The number of aliphatic hydroxyl groups is 1. The number of carbonyl (C=O) groups is 1. The van der Waals surface area contributed by atoms with Crippen LogP contribution < -0.4 is 0 Å². The van der Waals surface area contributed by atoms with Crippen molar-refractivity contribution in [1.82, 2.24) is 4.90 Å². The summed E-state index contributed by atoms with van der Waals surface area (Å²) in [5.74, 6) is 6.54. The van der Waals surface area contributed by atoms with Gasteiger partial charge in [-0.25, -0.2) is 9.38 Å². The Hall–Kier alpha value is -1.45. The van der Waals surface area contributed by atoms with Gasteiger partial charge in [-0.3, -0.25) is 4.79 Å². The standard InChI is InChI=1S/C25H35FN2O2/c1-24-8-6-19-18-7-9-25(30,16-26)14-17(18)2-3-20(19)21(24)4-5-22(24)23(29)15-28-12-10-27-11-13-28/h10,12-13,17-22,30H,2-9,14-16H2,1H3/t17-,18+,19?,20?,21?,22-,24+,25-/m1/s1. The number of hydrogen-bond donors (Lipinski definition) is 1. The smallest absolute Gasteiger partial charge is 0.156 e. The van der Waals surface area contributed by atoms with Crippen LogP contribution in [-0.4, -0.2) is 40.5 Å². The van der Waals surface area contributed by atoms with Crippen molar-refractivity contribution >= 4 is 11.7 Å². The fourth-order valence-electron chi connectivity index (χ4n) is 8.31. The maximum atomic E-state index is 13.4. The third-order valence-electron chi connectivity index (χ3n) is 9.71. The lowest BCUT2D eigenvalue weighted by Gasteiger charge is -2.57. The van der Waals surface area contributed by atoms with E-state index in [1.54, 1.807) is 12.4 Å². The van der Waals surface area contributed by atoms with Crippen LogP contribution in [0.3, 0.4) is 0 Å². The highest BCUT2D eigenvalue weighted by Gasteiger charge is 2.59. The number of ketones is 1. The van der Waals surface area contributed by atoms with Gasteiger partial charge in [0.1, 0.15) is 6.67 Å². The van der Waals surface area contributed by atoms with Crippen LogP contribution in [0.2, 0.25) is 0 Å². The van der Waals surface area contributed by atoms with Crippen molar-refractivity contribution in [1.29, 1.82) is 0 Å². The number of fused-ring (bicyclic) bond motifs is 5. The highest BCUT2D eigenvalue weighted by Crippen LogP contribution is 2.64. The molecule has 3 unspecified atom stereocenters. The SMILES string of the molecule is C[C@]12CCC3C(CC[C@@H]4C[C@@](O)(CF)CC[C@H]34)C1CC[C@@H]2C(=O)CN1C=C=NC=C1. The van der Waals surface area contributed by atoms with Gasteiger partial charge in [-0.15, -0.1) is 0 Å². The molecule has 30 heavy (non-hydrogen) atoms. The maximum Gasteiger partial charge on any atom is 0.156 e. The molecule has 5 rings (SSSR count). The molecule has 4 nitrogen and oxygen atoms in total. The molecule has 0 spiro atoms. The van der Waals surface area contributed by atoms with Gasteiger partial charge < -0.3 is 10.0 Å². The van der Waals surface area contributed by atoms with Gasteiger partial charge in [0.2, 0.25) is 0 Å². The average molecular weight is 415 g/mol. The molecular formula is C25H35FN2O2. The summed E-state index contributed by atoms with van der Waals surface area (Å²) in [6, 6.07) is 0. The lowest BCUT2D eigenvalue weighted by Crippen LogP contribution is -2.52. The van der Waals surface area contributed by atoms with Crippen LogP contribution in [0.4, 0.5) is 4.39 Å². The number of carbonyl (C=O) groups excluding carboxylic acids is 1. The van der Waals surface area contributed by atoms with Crippen LogP contribution in [0.15, 0.2) is 23.6 Å². The molecule has 5 aliphatic rings. The van der Waals surface area contributed by atoms with Crippen LogP contribution in [0.25, 0.3) is 0 Å². The number of rotatable bonds is 4. The Kier molecular flexibility index (Phi) is 5.18. The van der Waals surface area contributed by atoms with E-state index in [9.17, 15) is 14.3 Å². The Labute approximate surface area is 179 Å². The van der Waals surface area contributed by atoms with E-state index in [0.29, 0.717) is 54.8 Å². The van der Waals surface area contributed by atoms with Crippen molar-refractivity contribution < 1.29 is 14.3 Å². The molecule has 164 valence electrons. The molecule has 4 aliphatic carbocycles. The molecule has 0 aromatic rings. The van der Waals surface area contributed by atoms with Crippen molar-refractivity contribution in [2.75, 3.05) is 13.2 Å². The van der Waals surface area contributed by atoms with Crippen molar-refractivity contribution in [2.24, 2.45) is 45.9 Å². The number of nitrogens with zero attached hydrogens (tertiary/aromatic N) is 2. The summed E-state index contributed by atoms with van der Waals surface area (Å²) < 4.78 is 13.4. The fraction of sp³-hybridized carbons (Fsp3) is 0.800. The molecule has 0 radical (unpaired) electrons. The number of hydrogen-bond acceptors (Lipinski definition) is 4. The summed E-state index contributed by atoms with van der Waals surface area (Å²) in [6.07, 6.45) is 14.4. The molecule has 4 saturated carbocycles. The highest BCUT2D eigenvalue weighted by atomic mass is 19.1. The highest BCUT2D eigenvalue weighted by molar-refractivity contribution is 5.84. The van der Waals surface area contributed by atoms with Gasteiger partial charge >= 0.3 is 0 Å². The van der Waals surface area contributed by atoms with Gasteiger partial charge in [0, 0.05) is 18.0 Å². The topological polar surface area (TPSA) is 52.9 Å². The van der Waals surface area contributed by atoms with E-state index in [2.05, 4.69) is 17.8 Å². The van der Waals surface area contributed by atoms with Crippen LogP contribution >= 0.6 is 0 Å². The summed E-state index contributed by atoms with van der Waals surface area (Å²) in [4.78, 5) is 19.1. The first-order chi connectivity index (χ1) is 14.4. The Morgan fingerprint density at radius 2 is 2.00 bits per heavy atom. The second kappa shape index (κ2) is 7.60. The Balaban J connectivity index is 1.29. The first kappa shape index (κ1) is 20.5. The molecule has 0 aromatic carbocycles. The molecule has 8 atom stereocenters. The molecule has 0 saturated heterocycles. The molecule has 1 aliphatic heterocycles. The van der Waals surface area contributed by atoms with E-state index in [1.165, 1.54) is 19.3 Å². The monoisotopic (exact) mass is 414 g/mol. The molecule has 1 N–H and O–H groups in total. The lowest BCUT2D eigenvalue weighted by atomic mass is 9.49. The van der Waals surface area contributed by atoms with Crippen LogP contribution in [0.1, 0.15) is 64.7 Å². The van der Waals surface area contributed by atoms with E-state index >= 15 is 0 Å². The van der Waals surface area contributed by atoms with Crippen molar-refractivity contribution in [3.05, 3.63) is 18.6 Å². The Bertz CT molecular complexity index is 790. The van der Waals surface area contributed by atoms with Crippen LogP contribution in [0, 0.1) is 40.9 Å². The van der Waals surface area contributed by atoms with Gasteiger partial charge in [0.25, 0.3) is 0 Å². The normalized spacial score (nSPS) is 47.0. The van der Waals surface area contributed by atoms with Gasteiger partial charge in [-0.1, -0.05) is 6.92 Å². The van der Waals surface area contributed by atoms with E-state index in [1.807, 2.05) is 11.1 Å². The minimum Gasteiger partial charge on any atom is -0.387 e. The summed E-state index contributed by atoms with van der Waals surface area (Å²) in [7, 11) is 0. The molecule has 0 amide bonds. The fourth-order valence-corrected chi connectivity index (χ4v) is 8.31. The van der Waals surface area contributed by atoms with Gasteiger partial charge in [-0.05, 0) is 92.8 Å². The minimum absolute atomic E-state index is 0.122. The molecule has 4 fully saturated rings. The van der Waals surface area contributed by atoms with Crippen molar-refractivity contribution in [3.63, 3.8) is 0 Å². The van der Waals surface area contributed by atoms with E-state index in [4.69, 9.17) is 0 Å². The third kappa shape index (κ3) is 3.29. The zero-order valence-corrected chi connectivity index (χ0v) is 18.1. The number of Topliss-reactive ketones (excluding diaryl/α,β-unsaturated/α-hetero) is 1. The van der Waals surface area contributed by atoms with Gasteiger partial charge in [0.15, 0.2) is 5.78 Å². The first-order valence-electron chi connectivity index (χ1n) is 12.0. The zero-order chi connectivity index (χ0) is 20.9. The number of halogens is 1. The number of alkyl halides is 1. The summed E-state index contributed by atoms with van der Waals surface area (Å²) in [5, 5.41) is 10.5. The summed E-state index contributed by atoms with van der Waals surface area (Å²) in [6.45, 7) is 2.22. The van der Waals surface area contributed by atoms with E-state index in [0.717, 1.165) is 25.7 Å². The van der Waals surface area contributed by atoms with Crippen LogP contribution in [0.5, 0.6) is 0 Å². The second-order valence-electron chi connectivity index (χ2n) is 11.0. The summed E-state index contributed by atoms with van der Waals surface area (Å²) >= 11 is 0. The Morgan fingerprint density at radius 3 is 2.77 bits per heavy atom. The van der Waals surface area contributed by atoms with Crippen molar-refractivity contribution in [3.8, 4) is 0 Å². The lowest BCUT2D eigenvalue weighted by molar-refractivity contribution is -0.133. The Morgan fingerprint density at radius 1 is 1.17 bits per heavy atom. The predicted molar refractivity (Wildman–Crippen MR) is 114 cm³/mol. The zero-order valence-electron chi connectivity index (χ0n) is 18.1. The predicted octanol–water partition coefficient (Wildman–Crippen LogP) is 4.50. The summed E-state index contributed by atoms with van der Waals surface area (Å²) in [5.41, 5.74) is -0.944. The molecule has 5 heteroatoms. The average Bonchev–Trinajstić information content (AvgIpc) is 3.11. The maximum absolute atomic E-state index is 13.4. The van der Waals surface area contributed by atoms with E-state index in [-0.39, 0.29) is 11.3 Å². The quantitative estimate of drug-likeness (QED) is 0.737. The third-order valence-corrected chi connectivity index (χ3v) is 9.71. The second-order valence-corrected chi connectivity index (χ2v) is 11.0. The van der Waals surface area contributed by atoms with Gasteiger partial charge in [0.05, 0.1) is 24.5 Å². The molecule has 1 heterocycles. The van der Waals surface area contributed by atoms with E-state index < -0.39 is 12.3 Å². The van der Waals surface area contributed by atoms with Gasteiger partial charge in [-0.2, -0.15) is 0 Å². The largest absolute Gasteiger partial charge is 0.387 e. The first-order valence-corrected chi connectivity index (χ1v) is 12.0. The molecule has 0 aromatic heterocycles. The van der Waals surface area contributed by atoms with Crippen LogP contribution in [-0.2, 0) is 4.79 Å². The van der Waals surface area contributed by atoms with Crippen molar-refractivity contribution in [2.45, 2.75) is 70.3 Å².